The maximum atomic E-state index is 2.45. The molecule has 0 aliphatic heterocycles. The van der Waals surface area contributed by atoms with Crippen LogP contribution in [0, 0.1) is 0 Å². The van der Waals surface area contributed by atoms with Crippen LogP contribution in [0.4, 0.5) is 0 Å². The zero-order valence-corrected chi connectivity index (χ0v) is 14.7. The number of aryl methyl sites for hydroxylation is 2. The quantitative estimate of drug-likeness (QED) is 0.670. The van der Waals surface area contributed by atoms with Crippen molar-refractivity contribution in [1.82, 2.24) is 0 Å². The smallest absolute Gasteiger partial charge is 0.0186 e. The minimum atomic E-state index is 0.135. The normalized spacial score (nSPS) is 22.6. The van der Waals surface area contributed by atoms with Gasteiger partial charge in [-0.05, 0) is 52.5 Å². The molecular weight excluding hydrogens is 264 g/mol. The first-order chi connectivity index (χ1) is 10.4. The summed E-state index contributed by atoms with van der Waals surface area (Å²) in [6.45, 7) is 11.7. The van der Waals surface area contributed by atoms with Gasteiger partial charge < -0.3 is 0 Å². The first-order valence-electron chi connectivity index (χ1n) is 8.64. The number of benzene rings is 2. The van der Waals surface area contributed by atoms with Crippen molar-refractivity contribution < 1.29 is 0 Å². The fourth-order valence-electron chi connectivity index (χ4n) is 4.32. The maximum absolute atomic E-state index is 2.45. The molecule has 0 spiro atoms. The van der Waals surface area contributed by atoms with Crippen LogP contribution in [-0.4, -0.2) is 0 Å². The maximum Gasteiger partial charge on any atom is 0.0186 e. The van der Waals surface area contributed by atoms with Crippen molar-refractivity contribution in [2.45, 2.75) is 64.7 Å². The molecule has 1 atom stereocenters. The highest BCUT2D eigenvalue weighted by Crippen LogP contribution is 2.52. The Hall–Kier alpha value is -1.56. The monoisotopic (exact) mass is 292 g/mol. The highest BCUT2D eigenvalue weighted by Gasteiger charge is 2.45. The summed E-state index contributed by atoms with van der Waals surface area (Å²) in [6.07, 6.45) is 3.41. The van der Waals surface area contributed by atoms with Crippen LogP contribution in [0.15, 0.2) is 42.5 Å². The van der Waals surface area contributed by atoms with E-state index in [1.165, 1.54) is 28.7 Å². The van der Waals surface area contributed by atoms with Gasteiger partial charge in [-0.15, -0.1) is 0 Å². The third kappa shape index (κ3) is 2.29. The Bertz CT molecular complexity index is 693. The standard InChI is InChI=1S/C22H28/c1-6-16-9-8-10-18(13-16)22(5)15-21(3,4)20-14-17(7-2)11-12-19(20)22/h8-14H,6-7,15H2,1-5H3. The molecule has 0 bridgehead atoms. The third-order valence-corrected chi connectivity index (χ3v) is 5.58. The molecule has 2 aromatic rings. The molecule has 2 aromatic carbocycles. The summed E-state index contributed by atoms with van der Waals surface area (Å²) in [4.78, 5) is 0. The van der Waals surface area contributed by atoms with Crippen LogP contribution in [0.3, 0.4) is 0 Å². The molecule has 116 valence electrons. The first-order valence-corrected chi connectivity index (χ1v) is 8.64. The van der Waals surface area contributed by atoms with Gasteiger partial charge in [0.05, 0.1) is 0 Å². The van der Waals surface area contributed by atoms with E-state index in [1.807, 2.05) is 0 Å². The summed E-state index contributed by atoms with van der Waals surface area (Å²) in [5, 5.41) is 0. The van der Waals surface area contributed by atoms with Crippen molar-refractivity contribution in [3.05, 3.63) is 70.3 Å². The van der Waals surface area contributed by atoms with Crippen molar-refractivity contribution in [2.24, 2.45) is 0 Å². The minimum Gasteiger partial charge on any atom is -0.0617 e. The van der Waals surface area contributed by atoms with E-state index in [-0.39, 0.29) is 10.8 Å². The van der Waals surface area contributed by atoms with Gasteiger partial charge in [-0.25, -0.2) is 0 Å². The Balaban J connectivity index is 2.17. The van der Waals surface area contributed by atoms with E-state index in [1.54, 1.807) is 5.56 Å². The lowest BCUT2D eigenvalue weighted by Gasteiger charge is -2.29. The SMILES string of the molecule is CCc1cccc(C2(C)CC(C)(C)c3cc(CC)ccc32)c1. The number of fused-ring (bicyclic) bond motifs is 1. The van der Waals surface area contributed by atoms with Gasteiger partial charge in [0.15, 0.2) is 0 Å². The van der Waals surface area contributed by atoms with E-state index < -0.39 is 0 Å². The van der Waals surface area contributed by atoms with Crippen molar-refractivity contribution >= 4 is 0 Å². The lowest BCUT2D eigenvalue weighted by atomic mass is 9.74. The van der Waals surface area contributed by atoms with E-state index in [4.69, 9.17) is 0 Å². The molecule has 1 unspecified atom stereocenters. The third-order valence-electron chi connectivity index (χ3n) is 5.58. The zero-order valence-electron chi connectivity index (χ0n) is 14.7. The van der Waals surface area contributed by atoms with Gasteiger partial charge in [0.1, 0.15) is 0 Å². The molecule has 0 amide bonds. The number of rotatable bonds is 3. The second-order valence-electron chi connectivity index (χ2n) is 7.68. The van der Waals surface area contributed by atoms with Crippen LogP contribution in [0.1, 0.15) is 68.9 Å². The molecule has 0 fully saturated rings. The topological polar surface area (TPSA) is 0 Å². The van der Waals surface area contributed by atoms with Crippen LogP contribution in [0.5, 0.6) is 0 Å². The second kappa shape index (κ2) is 5.26. The van der Waals surface area contributed by atoms with Gasteiger partial charge in [-0.3, -0.25) is 0 Å². The average molecular weight is 292 g/mol. The molecule has 0 heterocycles. The number of hydrogen-bond donors (Lipinski definition) is 0. The lowest BCUT2D eigenvalue weighted by molar-refractivity contribution is 0.425. The largest absolute Gasteiger partial charge is 0.0617 e. The molecule has 0 aromatic heterocycles. The molecule has 1 aliphatic carbocycles. The first kappa shape index (κ1) is 15.3. The summed E-state index contributed by atoms with van der Waals surface area (Å²) in [7, 11) is 0. The van der Waals surface area contributed by atoms with E-state index in [2.05, 4.69) is 77.1 Å². The van der Waals surface area contributed by atoms with Crippen molar-refractivity contribution in [3.63, 3.8) is 0 Å². The van der Waals surface area contributed by atoms with Gasteiger partial charge in [-0.1, -0.05) is 77.1 Å². The van der Waals surface area contributed by atoms with Crippen LogP contribution in [0.25, 0.3) is 0 Å². The molecule has 0 saturated heterocycles. The van der Waals surface area contributed by atoms with Crippen LogP contribution >= 0.6 is 0 Å². The Morgan fingerprint density at radius 2 is 1.50 bits per heavy atom. The van der Waals surface area contributed by atoms with Gasteiger partial charge in [0.25, 0.3) is 0 Å². The Morgan fingerprint density at radius 3 is 2.18 bits per heavy atom. The summed E-state index contributed by atoms with van der Waals surface area (Å²) in [5.41, 5.74) is 7.84. The highest BCUT2D eigenvalue weighted by atomic mass is 14.5. The molecule has 22 heavy (non-hydrogen) atoms. The van der Waals surface area contributed by atoms with Crippen molar-refractivity contribution in [1.29, 1.82) is 0 Å². The summed E-state index contributed by atoms with van der Waals surface area (Å²) < 4.78 is 0. The lowest BCUT2D eigenvalue weighted by Crippen LogP contribution is -2.23. The highest BCUT2D eigenvalue weighted by molar-refractivity contribution is 5.53. The van der Waals surface area contributed by atoms with E-state index in [0.29, 0.717) is 0 Å². The fourth-order valence-corrected chi connectivity index (χ4v) is 4.32. The Labute approximate surface area is 135 Å². The van der Waals surface area contributed by atoms with E-state index >= 15 is 0 Å². The zero-order chi connectivity index (χ0) is 16.0. The summed E-state index contributed by atoms with van der Waals surface area (Å²) in [5.74, 6) is 0. The van der Waals surface area contributed by atoms with Gasteiger partial charge in [-0.2, -0.15) is 0 Å². The molecule has 0 radical (unpaired) electrons. The molecule has 0 nitrogen and oxygen atoms in total. The molecule has 0 heteroatoms. The molecular formula is C22H28. The molecule has 1 aliphatic rings. The van der Waals surface area contributed by atoms with E-state index in [9.17, 15) is 0 Å². The van der Waals surface area contributed by atoms with Crippen LogP contribution in [-0.2, 0) is 23.7 Å². The second-order valence-corrected chi connectivity index (χ2v) is 7.68. The molecule has 0 saturated carbocycles. The predicted molar refractivity (Wildman–Crippen MR) is 95.7 cm³/mol. The molecule has 3 rings (SSSR count). The average Bonchev–Trinajstić information content (AvgIpc) is 2.74. The summed E-state index contributed by atoms with van der Waals surface area (Å²) >= 11 is 0. The Morgan fingerprint density at radius 1 is 0.818 bits per heavy atom. The van der Waals surface area contributed by atoms with Gasteiger partial charge in [0.2, 0.25) is 0 Å². The van der Waals surface area contributed by atoms with Gasteiger partial charge in [0, 0.05) is 5.41 Å². The predicted octanol–water partition coefficient (Wildman–Crippen LogP) is 5.80. The van der Waals surface area contributed by atoms with Crippen molar-refractivity contribution in [3.8, 4) is 0 Å². The summed E-state index contributed by atoms with van der Waals surface area (Å²) in [6, 6.07) is 16.4. The number of hydrogen-bond acceptors (Lipinski definition) is 0. The van der Waals surface area contributed by atoms with Crippen LogP contribution < -0.4 is 0 Å². The minimum absolute atomic E-state index is 0.135. The Kier molecular flexibility index (Phi) is 3.67. The van der Waals surface area contributed by atoms with Crippen LogP contribution in [0.2, 0.25) is 0 Å². The fraction of sp³-hybridized carbons (Fsp3) is 0.455. The molecule has 0 N–H and O–H groups in total. The van der Waals surface area contributed by atoms with Crippen molar-refractivity contribution in [2.75, 3.05) is 0 Å². The van der Waals surface area contributed by atoms with Gasteiger partial charge >= 0.3 is 0 Å². The van der Waals surface area contributed by atoms with E-state index in [0.717, 1.165) is 12.8 Å².